The standard InChI is InChI=1S/C23H27NO5S/c1-12(2)14-5-3-13(4-6-14)9-17-16-10-15(7-8-19(16)30-24-17)23-22(28)21(27)20(26)18(11-25)29-23/h3-8,10,12,18,20-23,25-28H,9,11H2,1-2H3/t18-,20-,21+,22-,23+/m1/s1. The minimum absolute atomic E-state index is 0.443. The SMILES string of the molecule is CC(C)c1ccc(Cc2nsc3ccc([C@@H]4O[C@H](CO)[C@@H](O)[C@H](O)[C@H]4O)cc23)cc1. The molecule has 5 atom stereocenters. The zero-order chi connectivity index (χ0) is 21.4. The molecule has 1 aromatic heterocycles. The van der Waals surface area contributed by atoms with E-state index in [2.05, 4.69) is 42.5 Å². The highest BCUT2D eigenvalue weighted by molar-refractivity contribution is 7.13. The number of hydrogen-bond acceptors (Lipinski definition) is 7. The molecule has 1 aliphatic heterocycles. The fourth-order valence-corrected chi connectivity index (χ4v) is 4.68. The number of nitrogens with zero attached hydrogens (tertiary/aromatic N) is 1. The third-order valence-electron chi connectivity index (χ3n) is 5.81. The van der Waals surface area contributed by atoms with Gasteiger partial charge in [-0.1, -0.05) is 44.2 Å². The van der Waals surface area contributed by atoms with Gasteiger partial charge >= 0.3 is 0 Å². The van der Waals surface area contributed by atoms with Crippen molar-refractivity contribution in [2.45, 2.75) is 56.7 Å². The molecule has 0 aliphatic carbocycles. The molecule has 2 aromatic carbocycles. The predicted molar refractivity (Wildman–Crippen MR) is 116 cm³/mol. The van der Waals surface area contributed by atoms with Crippen molar-refractivity contribution in [3.05, 3.63) is 64.8 Å². The third-order valence-corrected chi connectivity index (χ3v) is 6.67. The Morgan fingerprint density at radius 3 is 2.40 bits per heavy atom. The topological polar surface area (TPSA) is 103 Å². The molecule has 0 saturated carbocycles. The van der Waals surface area contributed by atoms with E-state index in [1.807, 2.05) is 18.2 Å². The molecule has 4 rings (SSSR count). The van der Waals surface area contributed by atoms with Gasteiger partial charge in [0.2, 0.25) is 0 Å². The highest BCUT2D eigenvalue weighted by Crippen LogP contribution is 2.35. The number of hydrogen-bond donors (Lipinski definition) is 4. The van der Waals surface area contributed by atoms with Gasteiger partial charge in [0, 0.05) is 11.8 Å². The Labute approximate surface area is 179 Å². The van der Waals surface area contributed by atoms with Crippen LogP contribution in [0.3, 0.4) is 0 Å². The lowest BCUT2D eigenvalue weighted by Gasteiger charge is -2.40. The lowest BCUT2D eigenvalue weighted by Crippen LogP contribution is -2.55. The second kappa shape index (κ2) is 8.70. The van der Waals surface area contributed by atoms with Crippen LogP contribution in [0, 0.1) is 0 Å². The zero-order valence-corrected chi connectivity index (χ0v) is 17.8. The molecule has 1 fully saturated rings. The van der Waals surface area contributed by atoms with E-state index in [4.69, 9.17) is 4.74 Å². The Hall–Kier alpha value is -1.87. The first kappa shape index (κ1) is 21.4. The van der Waals surface area contributed by atoms with E-state index >= 15 is 0 Å². The van der Waals surface area contributed by atoms with Crippen LogP contribution in [0.15, 0.2) is 42.5 Å². The van der Waals surface area contributed by atoms with Gasteiger partial charge in [0.1, 0.15) is 30.5 Å². The fraction of sp³-hybridized carbons (Fsp3) is 0.435. The Kier molecular flexibility index (Phi) is 6.20. The molecule has 30 heavy (non-hydrogen) atoms. The van der Waals surface area contributed by atoms with E-state index in [-0.39, 0.29) is 0 Å². The van der Waals surface area contributed by atoms with Crippen LogP contribution >= 0.6 is 11.5 Å². The molecule has 4 N–H and O–H groups in total. The number of fused-ring (bicyclic) bond motifs is 1. The summed E-state index contributed by atoms with van der Waals surface area (Å²) in [5, 5.41) is 41.0. The van der Waals surface area contributed by atoms with Crippen molar-refractivity contribution < 1.29 is 25.2 Å². The Balaban J connectivity index is 1.62. The summed E-state index contributed by atoms with van der Waals surface area (Å²) in [5.74, 6) is 0.486. The average Bonchev–Trinajstić information content (AvgIpc) is 3.14. The van der Waals surface area contributed by atoms with Crippen LogP contribution in [0.5, 0.6) is 0 Å². The summed E-state index contributed by atoms with van der Waals surface area (Å²) in [6.45, 7) is 3.90. The van der Waals surface area contributed by atoms with Crippen molar-refractivity contribution in [3.8, 4) is 0 Å². The van der Waals surface area contributed by atoms with E-state index in [1.165, 1.54) is 22.7 Å². The van der Waals surface area contributed by atoms with Gasteiger partial charge in [-0.3, -0.25) is 0 Å². The van der Waals surface area contributed by atoms with Crippen LogP contribution < -0.4 is 0 Å². The van der Waals surface area contributed by atoms with Gasteiger partial charge in [-0.05, 0) is 46.3 Å². The Morgan fingerprint density at radius 1 is 1.00 bits per heavy atom. The minimum atomic E-state index is -1.39. The van der Waals surface area contributed by atoms with Crippen molar-refractivity contribution in [1.29, 1.82) is 0 Å². The van der Waals surface area contributed by atoms with Crippen LogP contribution in [0.1, 0.15) is 48.3 Å². The summed E-state index contributed by atoms with van der Waals surface area (Å²) in [5.41, 5.74) is 4.09. The van der Waals surface area contributed by atoms with Crippen molar-refractivity contribution in [1.82, 2.24) is 4.37 Å². The number of aliphatic hydroxyl groups is 4. The Morgan fingerprint density at radius 2 is 1.73 bits per heavy atom. The number of benzene rings is 2. The smallest absolute Gasteiger partial charge is 0.113 e. The molecule has 0 amide bonds. The van der Waals surface area contributed by atoms with Crippen molar-refractivity contribution >= 4 is 21.6 Å². The molecule has 1 saturated heterocycles. The van der Waals surface area contributed by atoms with E-state index in [0.29, 0.717) is 17.9 Å². The first-order valence-corrected chi connectivity index (χ1v) is 10.9. The van der Waals surface area contributed by atoms with Gasteiger partial charge in [-0.25, -0.2) is 0 Å². The molecule has 6 nitrogen and oxygen atoms in total. The molecular weight excluding hydrogens is 402 g/mol. The Bertz CT molecular complexity index is 1000. The molecule has 0 radical (unpaired) electrons. The maximum absolute atomic E-state index is 10.4. The van der Waals surface area contributed by atoms with Gasteiger partial charge in [0.25, 0.3) is 0 Å². The minimum Gasteiger partial charge on any atom is -0.394 e. The largest absolute Gasteiger partial charge is 0.394 e. The third kappa shape index (κ3) is 4.01. The van der Waals surface area contributed by atoms with Crippen LogP contribution in [0.25, 0.3) is 10.1 Å². The summed E-state index contributed by atoms with van der Waals surface area (Å²) in [6.07, 6.45) is -5.13. The summed E-state index contributed by atoms with van der Waals surface area (Å²) in [4.78, 5) is 0. The predicted octanol–water partition coefficient (Wildman–Crippen LogP) is 2.53. The number of rotatable bonds is 5. The van der Waals surface area contributed by atoms with E-state index in [0.717, 1.165) is 15.8 Å². The van der Waals surface area contributed by atoms with Gasteiger partial charge in [0.05, 0.1) is 17.0 Å². The van der Waals surface area contributed by atoms with E-state index in [1.54, 1.807) is 0 Å². The van der Waals surface area contributed by atoms with Crippen LogP contribution in [-0.2, 0) is 11.2 Å². The van der Waals surface area contributed by atoms with Crippen LogP contribution in [0.2, 0.25) is 0 Å². The second-order valence-corrected chi connectivity index (χ2v) is 9.01. The molecule has 0 bridgehead atoms. The average molecular weight is 430 g/mol. The lowest BCUT2D eigenvalue weighted by molar-refractivity contribution is -0.231. The maximum Gasteiger partial charge on any atom is 0.113 e. The lowest BCUT2D eigenvalue weighted by atomic mass is 9.90. The second-order valence-electron chi connectivity index (χ2n) is 8.21. The number of aromatic nitrogens is 1. The van der Waals surface area contributed by atoms with Crippen LogP contribution in [-0.4, -0.2) is 55.8 Å². The molecule has 3 aromatic rings. The molecule has 0 unspecified atom stereocenters. The van der Waals surface area contributed by atoms with Crippen molar-refractivity contribution in [2.75, 3.05) is 6.61 Å². The van der Waals surface area contributed by atoms with Gasteiger partial charge in [-0.15, -0.1) is 0 Å². The highest BCUT2D eigenvalue weighted by Gasteiger charge is 2.44. The first-order valence-electron chi connectivity index (χ1n) is 10.2. The highest BCUT2D eigenvalue weighted by atomic mass is 32.1. The zero-order valence-electron chi connectivity index (χ0n) is 17.0. The fourth-order valence-electron chi connectivity index (χ4n) is 3.90. The van der Waals surface area contributed by atoms with Crippen LogP contribution in [0.4, 0.5) is 0 Å². The number of aliphatic hydroxyl groups excluding tert-OH is 4. The molecule has 1 aliphatic rings. The summed E-state index contributed by atoms with van der Waals surface area (Å²) in [6, 6.07) is 14.2. The van der Waals surface area contributed by atoms with Crippen molar-refractivity contribution in [2.24, 2.45) is 0 Å². The van der Waals surface area contributed by atoms with Gasteiger partial charge < -0.3 is 25.2 Å². The first-order chi connectivity index (χ1) is 14.4. The molecule has 160 valence electrons. The monoisotopic (exact) mass is 429 g/mol. The van der Waals surface area contributed by atoms with E-state index < -0.39 is 37.1 Å². The molecule has 7 heteroatoms. The summed E-state index contributed by atoms with van der Waals surface area (Å²) < 4.78 is 11.4. The van der Waals surface area contributed by atoms with E-state index in [9.17, 15) is 20.4 Å². The molecular formula is C23H27NO5S. The number of ether oxygens (including phenoxy) is 1. The maximum atomic E-state index is 10.4. The summed E-state index contributed by atoms with van der Waals surface area (Å²) in [7, 11) is 0. The molecule has 2 heterocycles. The van der Waals surface area contributed by atoms with Gasteiger partial charge in [-0.2, -0.15) is 4.37 Å². The van der Waals surface area contributed by atoms with Gasteiger partial charge in [0.15, 0.2) is 0 Å². The van der Waals surface area contributed by atoms with Crippen molar-refractivity contribution in [3.63, 3.8) is 0 Å². The quantitative estimate of drug-likeness (QED) is 0.497. The summed E-state index contributed by atoms with van der Waals surface area (Å²) >= 11 is 1.42. The molecule has 0 spiro atoms. The normalized spacial score (nSPS) is 27.1.